The molecule has 0 radical (unpaired) electrons. The van der Waals surface area contributed by atoms with Crippen LogP contribution in [0.4, 0.5) is 5.69 Å². The van der Waals surface area contributed by atoms with E-state index < -0.39 is 10.0 Å². The molecule has 0 aromatic heterocycles. The molecule has 112 valence electrons. The molecular weight excluding hydrogens is 272 g/mol. The first kappa shape index (κ1) is 15.3. The van der Waals surface area contributed by atoms with Crippen LogP contribution in [0.2, 0.25) is 0 Å². The molecule has 0 heterocycles. The van der Waals surface area contributed by atoms with Gasteiger partial charge in [0.25, 0.3) is 0 Å². The van der Waals surface area contributed by atoms with Gasteiger partial charge in [0.1, 0.15) is 0 Å². The lowest BCUT2D eigenvalue weighted by atomic mass is 9.81. The first-order valence-corrected chi connectivity index (χ1v) is 8.64. The molecular formula is C15H24N2O2S. The van der Waals surface area contributed by atoms with Gasteiger partial charge in [0.2, 0.25) is 10.0 Å². The highest BCUT2D eigenvalue weighted by Crippen LogP contribution is 2.29. The van der Waals surface area contributed by atoms with Crippen LogP contribution in [-0.4, -0.2) is 14.5 Å². The summed E-state index contributed by atoms with van der Waals surface area (Å²) in [4.78, 5) is 0.256. The van der Waals surface area contributed by atoms with Crippen molar-refractivity contribution in [2.45, 2.75) is 51.0 Å². The number of hydrogen-bond donors (Lipinski definition) is 2. The molecule has 1 aromatic rings. The van der Waals surface area contributed by atoms with Gasteiger partial charge < -0.3 is 5.73 Å². The van der Waals surface area contributed by atoms with E-state index in [0.717, 1.165) is 18.4 Å². The van der Waals surface area contributed by atoms with Crippen molar-refractivity contribution in [3.63, 3.8) is 0 Å². The first-order valence-electron chi connectivity index (χ1n) is 7.16. The van der Waals surface area contributed by atoms with Gasteiger partial charge in [0.15, 0.2) is 0 Å². The molecule has 3 N–H and O–H groups in total. The van der Waals surface area contributed by atoms with E-state index in [2.05, 4.69) is 18.6 Å². The lowest BCUT2D eigenvalue weighted by Gasteiger charge is -2.31. The third-order valence-corrected chi connectivity index (χ3v) is 5.58. The number of nitrogens with one attached hydrogen (secondary N) is 1. The minimum absolute atomic E-state index is 0.0290. The molecule has 0 bridgehead atoms. The molecule has 0 saturated heterocycles. The minimum atomic E-state index is -3.48. The molecule has 4 nitrogen and oxygen atoms in total. The van der Waals surface area contributed by atoms with Gasteiger partial charge in [0, 0.05) is 11.7 Å². The zero-order valence-electron chi connectivity index (χ0n) is 12.4. The van der Waals surface area contributed by atoms with Gasteiger partial charge in [-0.25, -0.2) is 13.1 Å². The Bertz CT molecular complexity index is 574. The van der Waals surface area contributed by atoms with E-state index in [9.17, 15) is 8.42 Å². The number of nitrogen functional groups attached to an aromatic ring is 1. The SMILES string of the molecule is Cc1ccc(S(=O)(=O)NC2CC(C)CC(C)C2)cc1N. The van der Waals surface area contributed by atoms with Gasteiger partial charge in [-0.05, 0) is 55.7 Å². The highest BCUT2D eigenvalue weighted by atomic mass is 32.2. The number of nitrogens with two attached hydrogens (primary N) is 1. The highest BCUT2D eigenvalue weighted by molar-refractivity contribution is 7.89. The van der Waals surface area contributed by atoms with Gasteiger partial charge in [0.05, 0.1) is 4.90 Å². The predicted molar refractivity (Wildman–Crippen MR) is 81.9 cm³/mol. The number of benzene rings is 1. The monoisotopic (exact) mass is 296 g/mol. The Morgan fingerprint density at radius 2 is 1.75 bits per heavy atom. The maximum absolute atomic E-state index is 12.4. The Balaban J connectivity index is 2.16. The molecule has 2 unspecified atom stereocenters. The summed E-state index contributed by atoms with van der Waals surface area (Å²) in [6.45, 7) is 6.23. The van der Waals surface area contributed by atoms with Crippen molar-refractivity contribution in [3.05, 3.63) is 23.8 Å². The molecule has 0 aliphatic heterocycles. The number of rotatable bonds is 3. The molecule has 1 fully saturated rings. The van der Waals surface area contributed by atoms with Crippen LogP contribution in [-0.2, 0) is 10.0 Å². The van der Waals surface area contributed by atoms with Crippen LogP contribution in [0.25, 0.3) is 0 Å². The van der Waals surface area contributed by atoms with E-state index >= 15 is 0 Å². The summed E-state index contributed by atoms with van der Waals surface area (Å²) in [7, 11) is -3.48. The van der Waals surface area contributed by atoms with Crippen LogP contribution >= 0.6 is 0 Å². The molecule has 1 aliphatic rings. The second-order valence-electron chi connectivity index (χ2n) is 6.25. The lowest BCUT2D eigenvalue weighted by molar-refractivity contribution is 0.257. The fourth-order valence-electron chi connectivity index (χ4n) is 3.12. The average Bonchev–Trinajstić information content (AvgIpc) is 2.30. The summed E-state index contributed by atoms with van der Waals surface area (Å²) < 4.78 is 27.7. The van der Waals surface area contributed by atoms with Crippen molar-refractivity contribution in [3.8, 4) is 0 Å². The molecule has 0 amide bonds. The molecule has 0 spiro atoms. The van der Waals surface area contributed by atoms with Crippen LogP contribution in [0.5, 0.6) is 0 Å². The number of sulfonamides is 1. The van der Waals surface area contributed by atoms with Crippen molar-refractivity contribution < 1.29 is 8.42 Å². The van der Waals surface area contributed by atoms with Gasteiger partial charge in [-0.1, -0.05) is 19.9 Å². The molecule has 2 rings (SSSR count). The van der Waals surface area contributed by atoms with Gasteiger partial charge >= 0.3 is 0 Å². The summed E-state index contributed by atoms with van der Waals surface area (Å²) >= 11 is 0. The first-order chi connectivity index (χ1) is 9.28. The van der Waals surface area contributed by atoms with Gasteiger partial charge in [-0.15, -0.1) is 0 Å². The Kier molecular flexibility index (Phi) is 4.39. The maximum Gasteiger partial charge on any atom is 0.240 e. The summed E-state index contributed by atoms with van der Waals surface area (Å²) in [6, 6.07) is 4.92. The number of hydrogen-bond acceptors (Lipinski definition) is 3. The Morgan fingerprint density at radius 3 is 2.30 bits per heavy atom. The zero-order valence-corrected chi connectivity index (χ0v) is 13.2. The van der Waals surface area contributed by atoms with Crippen molar-refractivity contribution in [2.24, 2.45) is 11.8 Å². The Hall–Kier alpha value is -1.07. The van der Waals surface area contributed by atoms with Crippen LogP contribution in [0.3, 0.4) is 0 Å². The smallest absolute Gasteiger partial charge is 0.240 e. The minimum Gasteiger partial charge on any atom is -0.398 e. The van der Waals surface area contributed by atoms with Crippen molar-refractivity contribution >= 4 is 15.7 Å². The third kappa shape index (κ3) is 3.52. The summed E-state index contributed by atoms with van der Waals surface area (Å²) in [6.07, 6.45) is 2.99. The normalized spacial score (nSPS) is 27.4. The van der Waals surface area contributed by atoms with Crippen LogP contribution < -0.4 is 10.5 Å². The van der Waals surface area contributed by atoms with Crippen molar-refractivity contribution in [1.82, 2.24) is 4.72 Å². The van der Waals surface area contributed by atoms with E-state index in [1.54, 1.807) is 12.1 Å². The van der Waals surface area contributed by atoms with E-state index in [1.807, 2.05) is 6.92 Å². The maximum atomic E-state index is 12.4. The third-order valence-electron chi connectivity index (χ3n) is 4.06. The molecule has 20 heavy (non-hydrogen) atoms. The van der Waals surface area contributed by atoms with Crippen molar-refractivity contribution in [2.75, 3.05) is 5.73 Å². The van der Waals surface area contributed by atoms with Crippen LogP contribution in [0.15, 0.2) is 23.1 Å². The van der Waals surface area contributed by atoms with E-state index in [0.29, 0.717) is 17.5 Å². The quantitative estimate of drug-likeness (QED) is 0.842. The van der Waals surface area contributed by atoms with Crippen LogP contribution in [0.1, 0.15) is 38.7 Å². The standard InChI is InChI=1S/C15H24N2O2S/c1-10-6-11(2)8-13(7-10)17-20(18,19)14-5-4-12(3)15(16)9-14/h4-5,9-11,13,17H,6-8,16H2,1-3H3. The number of anilines is 1. The number of aryl methyl sites for hydroxylation is 1. The van der Waals surface area contributed by atoms with E-state index in [4.69, 9.17) is 5.73 Å². The topological polar surface area (TPSA) is 72.2 Å². The lowest BCUT2D eigenvalue weighted by Crippen LogP contribution is -2.40. The molecule has 1 saturated carbocycles. The molecule has 1 aromatic carbocycles. The molecule has 2 atom stereocenters. The largest absolute Gasteiger partial charge is 0.398 e. The van der Waals surface area contributed by atoms with Crippen molar-refractivity contribution in [1.29, 1.82) is 0 Å². The second-order valence-corrected chi connectivity index (χ2v) is 7.97. The molecule has 1 aliphatic carbocycles. The van der Waals surface area contributed by atoms with E-state index in [1.165, 1.54) is 12.5 Å². The summed E-state index contributed by atoms with van der Waals surface area (Å²) in [5, 5.41) is 0. The fourth-order valence-corrected chi connectivity index (χ4v) is 4.41. The predicted octanol–water partition coefficient (Wildman–Crippen LogP) is 2.68. The molecule has 5 heteroatoms. The Labute approximate surface area is 121 Å². The summed E-state index contributed by atoms with van der Waals surface area (Å²) in [5.74, 6) is 1.13. The second kappa shape index (κ2) is 5.74. The highest BCUT2D eigenvalue weighted by Gasteiger charge is 2.28. The van der Waals surface area contributed by atoms with E-state index in [-0.39, 0.29) is 10.9 Å². The van der Waals surface area contributed by atoms with Gasteiger partial charge in [-0.2, -0.15) is 0 Å². The zero-order chi connectivity index (χ0) is 14.9. The Morgan fingerprint density at radius 1 is 1.15 bits per heavy atom. The van der Waals surface area contributed by atoms with Crippen LogP contribution in [0, 0.1) is 18.8 Å². The van der Waals surface area contributed by atoms with Gasteiger partial charge in [-0.3, -0.25) is 0 Å². The summed E-state index contributed by atoms with van der Waals surface area (Å²) in [5.41, 5.74) is 7.21. The fraction of sp³-hybridized carbons (Fsp3) is 0.600. The average molecular weight is 296 g/mol.